The number of aromatic nitrogens is 4. The molecule has 5 heterocycles. The molecule has 14 nitrogen and oxygen atoms in total. The standard InChI is InChI=1S/C38H34F2N6O8/c39-29-12-24(45-16-26(54-37(45)49)15-43-11-10-41-42-43)8-9-31(29)53-21-38(50)14-25-19-51-35-32-27(13-30(40)33(35)46(25)20-38)34(47)28(17-44(32)23-6-7-23)36(48)52-18-22-4-2-1-3-5-22/h1-5,8-13,17,23,25-26,50H,6-7,14-16,18-21H2/t25-,26-,38+/m0/s1. The van der Waals surface area contributed by atoms with Gasteiger partial charge in [-0.25, -0.2) is 23.1 Å². The zero-order valence-electron chi connectivity index (χ0n) is 28.8. The van der Waals surface area contributed by atoms with Gasteiger partial charge in [-0.1, -0.05) is 35.5 Å². The van der Waals surface area contributed by atoms with E-state index in [0.717, 1.165) is 30.5 Å². The molecule has 3 fully saturated rings. The van der Waals surface area contributed by atoms with Gasteiger partial charge in [0.05, 0.1) is 48.5 Å². The lowest BCUT2D eigenvalue weighted by atomic mass is 10.0. The molecule has 278 valence electrons. The summed E-state index contributed by atoms with van der Waals surface area (Å²) in [6, 6.07) is 13.8. The summed E-state index contributed by atoms with van der Waals surface area (Å²) in [7, 11) is 0. The Morgan fingerprint density at radius 3 is 2.65 bits per heavy atom. The van der Waals surface area contributed by atoms with Crippen LogP contribution in [0, 0.1) is 11.6 Å². The summed E-state index contributed by atoms with van der Waals surface area (Å²) in [5, 5.41) is 19.3. The number of rotatable bonds is 10. The van der Waals surface area contributed by atoms with Crippen molar-refractivity contribution in [1.82, 2.24) is 19.6 Å². The van der Waals surface area contributed by atoms with E-state index in [9.17, 15) is 19.5 Å². The number of esters is 1. The van der Waals surface area contributed by atoms with Crippen molar-refractivity contribution >= 4 is 34.3 Å². The van der Waals surface area contributed by atoms with Crippen LogP contribution in [0.2, 0.25) is 0 Å². The average molecular weight is 741 g/mol. The van der Waals surface area contributed by atoms with Gasteiger partial charge in [-0.3, -0.25) is 9.69 Å². The molecule has 4 aliphatic rings. The predicted molar refractivity (Wildman–Crippen MR) is 188 cm³/mol. The lowest BCUT2D eigenvalue weighted by Gasteiger charge is -2.34. The van der Waals surface area contributed by atoms with Crippen LogP contribution in [-0.4, -0.2) is 80.8 Å². The van der Waals surface area contributed by atoms with Crippen molar-refractivity contribution in [3.05, 3.63) is 106 Å². The van der Waals surface area contributed by atoms with Gasteiger partial charge in [0.1, 0.15) is 42.8 Å². The van der Waals surface area contributed by atoms with Crippen LogP contribution in [0.4, 0.5) is 25.0 Å². The van der Waals surface area contributed by atoms with Crippen molar-refractivity contribution in [2.45, 2.75) is 56.2 Å². The first-order valence-corrected chi connectivity index (χ1v) is 17.6. The molecule has 16 heteroatoms. The second-order valence-corrected chi connectivity index (χ2v) is 14.2. The number of aliphatic hydroxyl groups is 1. The van der Waals surface area contributed by atoms with Crippen molar-refractivity contribution in [1.29, 1.82) is 0 Å². The summed E-state index contributed by atoms with van der Waals surface area (Å²) >= 11 is 0. The highest BCUT2D eigenvalue weighted by Crippen LogP contribution is 2.48. The first kappa shape index (κ1) is 33.8. The molecule has 3 atom stereocenters. The first-order valence-electron chi connectivity index (χ1n) is 17.6. The average Bonchev–Trinajstić information content (AvgIpc) is 3.58. The first-order chi connectivity index (χ1) is 26.1. The Bertz CT molecular complexity index is 2340. The fourth-order valence-electron chi connectivity index (χ4n) is 7.54. The zero-order chi connectivity index (χ0) is 37.1. The van der Waals surface area contributed by atoms with E-state index in [1.165, 1.54) is 34.1 Å². The lowest BCUT2D eigenvalue weighted by Crippen LogP contribution is -2.41. The minimum atomic E-state index is -1.52. The van der Waals surface area contributed by atoms with Crippen LogP contribution >= 0.6 is 0 Å². The molecule has 1 saturated carbocycles. The van der Waals surface area contributed by atoms with Gasteiger partial charge in [-0.2, -0.15) is 0 Å². The Morgan fingerprint density at radius 1 is 1.06 bits per heavy atom. The number of carbonyl (C=O) groups excluding carboxylic acids is 2. The number of fused-ring (bicyclic) bond motifs is 5. The van der Waals surface area contributed by atoms with Crippen LogP contribution in [0.15, 0.2) is 78.0 Å². The summed E-state index contributed by atoms with van der Waals surface area (Å²) in [4.78, 5) is 42.4. The molecule has 0 bridgehead atoms. The number of anilines is 2. The second-order valence-electron chi connectivity index (χ2n) is 14.2. The van der Waals surface area contributed by atoms with E-state index in [4.69, 9.17) is 18.9 Å². The summed E-state index contributed by atoms with van der Waals surface area (Å²) in [6.07, 6.45) is 5.25. The quantitative estimate of drug-likeness (QED) is 0.204. The van der Waals surface area contributed by atoms with Gasteiger partial charge in [-0.05, 0) is 36.6 Å². The zero-order valence-corrected chi connectivity index (χ0v) is 28.8. The molecule has 2 aromatic heterocycles. The van der Waals surface area contributed by atoms with Crippen LogP contribution in [0.5, 0.6) is 11.5 Å². The fraction of sp³-hybridized carbons (Fsp3) is 0.342. The van der Waals surface area contributed by atoms with E-state index >= 15 is 8.78 Å². The van der Waals surface area contributed by atoms with Crippen molar-refractivity contribution in [3.63, 3.8) is 0 Å². The summed E-state index contributed by atoms with van der Waals surface area (Å²) in [6.45, 7) is 0.175. The Morgan fingerprint density at radius 2 is 1.89 bits per heavy atom. The Balaban J connectivity index is 0.926. The summed E-state index contributed by atoms with van der Waals surface area (Å²) in [5.41, 5.74) is -0.871. The molecular formula is C38H34F2N6O8. The molecule has 9 rings (SSSR count). The van der Waals surface area contributed by atoms with Crippen LogP contribution in [0.25, 0.3) is 10.9 Å². The maximum absolute atomic E-state index is 16.1. The van der Waals surface area contributed by atoms with Gasteiger partial charge in [-0.15, -0.1) is 5.10 Å². The van der Waals surface area contributed by atoms with Crippen LogP contribution in [0.3, 0.4) is 0 Å². The van der Waals surface area contributed by atoms with Crippen LogP contribution in [-0.2, 0) is 22.6 Å². The topological polar surface area (TPSA) is 150 Å². The van der Waals surface area contributed by atoms with E-state index in [1.807, 2.05) is 18.2 Å². The van der Waals surface area contributed by atoms with Crippen molar-refractivity contribution in [2.75, 3.05) is 36.1 Å². The van der Waals surface area contributed by atoms with Crippen LogP contribution < -0.4 is 24.7 Å². The number of ether oxygens (including phenoxy) is 4. The smallest absolute Gasteiger partial charge is 0.414 e. The molecule has 54 heavy (non-hydrogen) atoms. The number of carbonyl (C=O) groups is 2. The molecule has 1 N–H and O–H groups in total. The molecule has 1 amide bonds. The van der Waals surface area contributed by atoms with E-state index in [-0.39, 0.29) is 79.2 Å². The molecule has 0 radical (unpaired) electrons. The molecule has 3 aromatic carbocycles. The van der Waals surface area contributed by atoms with Gasteiger partial charge in [0, 0.05) is 30.9 Å². The number of halogens is 2. The number of hydrogen-bond acceptors (Lipinski definition) is 11. The SMILES string of the molecule is O=C(OCc1ccccc1)c1cn(C2CC2)c2c3c(c(F)cc2c1=O)N1C[C@@](O)(COc2ccc(N4C[C@H](Cn5ccnn5)OC4=O)cc2F)C[C@H]1CO3. The molecule has 0 spiro atoms. The molecule has 2 saturated heterocycles. The molecule has 0 unspecified atom stereocenters. The van der Waals surface area contributed by atoms with Crippen molar-refractivity contribution in [3.8, 4) is 11.5 Å². The van der Waals surface area contributed by atoms with Gasteiger partial charge in [0.2, 0.25) is 5.43 Å². The molecule has 3 aliphatic heterocycles. The molecular weight excluding hydrogens is 706 g/mol. The highest BCUT2D eigenvalue weighted by atomic mass is 19.1. The van der Waals surface area contributed by atoms with Crippen molar-refractivity contribution in [2.24, 2.45) is 0 Å². The van der Waals surface area contributed by atoms with Gasteiger partial charge < -0.3 is 33.5 Å². The third-order valence-corrected chi connectivity index (χ3v) is 10.3. The second kappa shape index (κ2) is 13.1. The molecule has 5 aromatic rings. The third-order valence-electron chi connectivity index (χ3n) is 10.3. The molecule has 1 aliphatic carbocycles. The van der Waals surface area contributed by atoms with Gasteiger partial charge in [0.25, 0.3) is 0 Å². The maximum atomic E-state index is 16.1. The number of nitrogens with zero attached hydrogens (tertiary/aromatic N) is 6. The number of amides is 1. The Hall–Kier alpha value is -6.03. The summed E-state index contributed by atoms with van der Waals surface area (Å²) < 4.78 is 57.6. The van der Waals surface area contributed by atoms with Crippen molar-refractivity contribution < 1.29 is 42.4 Å². The maximum Gasteiger partial charge on any atom is 0.414 e. The fourth-order valence-corrected chi connectivity index (χ4v) is 7.54. The number of hydrogen-bond donors (Lipinski definition) is 1. The van der Waals surface area contributed by atoms with E-state index in [2.05, 4.69) is 10.3 Å². The van der Waals surface area contributed by atoms with Gasteiger partial charge in [0.15, 0.2) is 23.1 Å². The Kier molecular flexibility index (Phi) is 8.21. The van der Waals surface area contributed by atoms with E-state index in [1.54, 1.807) is 27.8 Å². The highest BCUT2D eigenvalue weighted by Gasteiger charge is 2.48. The predicted octanol–water partition coefficient (Wildman–Crippen LogP) is 4.37. The Labute approximate surface area is 306 Å². The lowest BCUT2D eigenvalue weighted by molar-refractivity contribution is 0.00980. The van der Waals surface area contributed by atoms with E-state index < -0.39 is 46.9 Å². The van der Waals surface area contributed by atoms with Gasteiger partial charge >= 0.3 is 12.1 Å². The van der Waals surface area contributed by atoms with Crippen LogP contribution in [0.1, 0.15) is 41.2 Å². The highest BCUT2D eigenvalue weighted by molar-refractivity contribution is 5.98. The minimum absolute atomic E-state index is 0.00426. The monoisotopic (exact) mass is 740 g/mol. The minimum Gasteiger partial charge on any atom is -0.487 e. The largest absolute Gasteiger partial charge is 0.487 e. The normalized spacial score (nSPS) is 21.8. The summed E-state index contributed by atoms with van der Waals surface area (Å²) in [5.74, 6) is -2.27. The third kappa shape index (κ3) is 6.15. The number of benzene rings is 3. The number of cyclic esters (lactones) is 1. The van der Waals surface area contributed by atoms with E-state index in [0.29, 0.717) is 12.1 Å². The number of pyridine rings is 1.